The molecule has 1 heterocycles. The first-order chi connectivity index (χ1) is 15.4. The zero-order valence-corrected chi connectivity index (χ0v) is 19.1. The summed E-state index contributed by atoms with van der Waals surface area (Å²) in [6.07, 6.45) is 1.89. The fourth-order valence-electron chi connectivity index (χ4n) is 3.63. The number of amides is 1. The predicted octanol–water partition coefficient (Wildman–Crippen LogP) is 2.69. The van der Waals surface area contributed by atoms with Gasteiger partial charge in [0.15, 0.2) is 0 Å². The minimum absolute atomic E-state index is 0.0824. The van der Waals surface area contributed by atoms with Crippen molar-refractivity contribution in [1.82, 2.24) is 9.62 Å². The van der Waals surface area contributed by atoms with Crippen molar-refractivity contribution in [3.63, 3.8) is 0 Å². The van der Waals surface area contributed by atoms with Crippen molar-refractivity contribution in [3.05, 3.63) is 65.7 Å². The molecular weight excluding hydrogens is 428 g/mol. The molecule has 0 spiro atoms. The molecule has 1 saturated heterocycles. The molecule has 32 heavy (non-hydrogen) atoms. The Balaban J connectivity index is 1.33. The van der Waals surface area contributed by atoms with Crippen LogP contribution < -0.4 is 5.32 Å². The van der Waals surface area contributed by atoms with Crippen LogP contribution in [0.15, 0.2) is 59.5 Å². The fraction of sp³-hybridized carbons (Fsp3) is 0.417. The van der Waals surface area contributed by atoms with Gasteiger partial charge in [-0.05, 0) is 43.9 Å². The minimum atomic E-state index is -3.54. The molecule has 1 amide bonds. The van der Waals surface area contributed by atoms with Crippen molar-refractivity contribution in [1.29, 1.82) is 0 Å². The maximum atomic E-state index is 12.7. The highest BCUT2D eigenvalue weighted by molar-refractivity contribution is 7.89. The van der Waals surface area contributed by atoms with Gasteiger partial charge in [-0.25, -0.2) is 8.42 Å². The van der Waals surface area contributed by atoms with E-state index in [0.29, 0.717) is 25.7 Å². The van der Waals surface area contributed by atoms with Gasteiger partial charge in [0.2, 0.25) is 15.9 Å². The molecule has 2 aromatic carbocycles. The van der Waals surface area contributed by atoms with Gasteiger partial charge in [-0.1, -0.05) is 48.0 Å². The Bertz CT molecular complexity index is 998. The molecule has 0 aromatic heterocycles. The van der Waals surface area contributed by atoms with Crippen LogP contribution in [0.5, 0.6) is 0 Å². The summed E-state index contributed by atoms with van der Waals surface area (Å²) in [5.74, 6) is -0.744. The molecule has 172 valence electrons. The summed E-state index contributed by atoms with van der Waals surface area (Å²) < 4.78 is 32.0. The van der Waals surface area contributed by atoms with E-state index in [-0.39, 0.29) is 48.9 Å². The van der Waals surface area contributed by atoms with E-state index in [2.05, 4.69) is 5.32 Å². The van der Waals surface area contributed by atoms with Crippen LogP contribution in [0.4, 0.5) is 0 Å². The summed E-state index contributed by atoms with van der Waals surface area (Å²) in [6, 6.07) is 16.4. The summed E-state index contributed by atoms with van der Waals surface area (Å²) in [7, 11) is -3.54. The molecule has 1 aliphatic rings. The molecule has 1 aliphatic heterocycles. The van der Waals surface area contributed by atoms with E-state index in [4.69, 9.17) is 4.74 Å². The van der Waals surface area contributed by atoms with E-state index >= 15 is 0 Å². The monoisotopic (exact) mass is 458 g/mol. The van der Waals surface area contributed by atoms with E-state index in [9.17, 15) is 18.0 Å². The van der Waals surface area contributed by atoms with Gasteiger partial charge in [0.05, 0.1) is 17.4 Å². The largest absolute Gasteiger partial charge is 0.464 e. The number of benzene rings is 2. The SMILES string of the molecule is Cc1ccc(CCC(=O)NCCOC(=O)C2CCN(S(=O)(=O)c3ccccc3)CC2)cc1. The summed E-state index contributed by atoms with van der Waals surface area (Å²) in [6.45, 7) is 2.96. The zero-order chi connectivity index (χ0) is 23.0. The lowest BCUT2D eigenvalue weighted by atomic mass is 9.98. The number of ether oxygens (including phenoxy) is 1. The number of carbonyl (C=O) groups excluding carboxylic acids is 2. The molecule has 0 unspecified atom stereocenters. The highest BCUT2D eigenvalue weighted by atomic mass is 32.2. The lowest BCUT2D eigenvalue weighted by Crippen LogP contribution is -2.40. The van der Waals surface area contributed by atoms with E-state index in [1.807, 2.05) is 31.2 Å². The third kappa shape index (κ3) is 6.64. The van der Waals surface area contributed by atoms with E-state index in [1.54, 1.807) is 30.3 Å². The molecule has 0 atom stereocenters. The highest BCUT2D eigenvalue weighted by Gasteiger charge is 2.32. The summed E-state index contributed by atoms with van der Waals surface area (Å²) in [5, 5.41) is 2.76. The summed E-state index contributed by atoms with van der Waals surface area (Å²) in [5.41, 5.74) is 2.29. The van der Waals surface area contributed by atoms with Gasteiger partial charge >= 0.3 is 5.97 Å². The number of piperidine rings is 1. The van der Waals surface area contributed by atoms with Crippen molar-refractivity contribution in [2.75, 3.05) is 26.2 Å². The average Bonchev–Trinajstić information content (AvgIpc) is 2.82. The summed E-state index contributed by atoms with van der Waals surface area (Å²) >= 11 is 0. The topological polar surface area (TPSA) is 92.8 Å². The maximum absolute atomic E-state index is 12.7. The third-order valence-corrected chi connectivity index (χ3v) is 7.51. The van der Waals surface area contributed by atoms with Crippen LogP contribution in [0.2, 0.25) is 0 Å². The lowest BCUT2D eigenvalue weighted by molar-refractivity contribution is -0.150. The average molecular weight is 459 g/mol. The minimum Gasteiger partial charge on any atom is -0.464 e. The molecule has 1 N–H and O–H groups in total. The Morgan fingerprint density at radius 1 is 1.03 bits per heavy atom. The molecular formula is C24H30N2O5S. The second kappa shape index (κ2) is 11.2. The molecule has 2 aromatic rings. The van der Waals surface area contributed by atoms with Crippen LogP contribution in [0, 0.1) is 12.8 Å². The number of nitrogens with zero attached hydrogens (tertiary/aromatic N) is 1. The number of hydrogen-bond donors (Lipinski definition) is 1. The van der Waals surface area contributed by atoms with Gasteiger partial charge in [-0.15, -0.1) is 0 Å². The van der Waals surface area contributed by atoms with Crippen LogP contribution in [0.25, 0.3) is 0 Å². The van der Waals surface area contributed by atoms with E-state index in [0.717, 1.165) is 5.56 Å². The molecule has 0 aliphatic carbocycles. The normalized spacial score (nSPS) is 15.3. The molecule has 0 bridgehead atoms. The Kier molecular flexibility index (Phi) is 8.41. The van der Waals surface area contributed by atoms with Crippen LogP contribution in [-0.4, -0.2) is 50.8 Å². The predicted molar refractivity (Wildman–Crippen MR) is 121 cm³/mol. The zero-order valence-electron chi connectivity index (χ0n) is 18.3. The third-order valence-electron chi connectivity index (χ3n) is 5.60. The van der Waals surface area contributed by atoms with Crippen LogP contribution >= 0.6 is 0 Å². The summed E-state index contributed by atoms with van der Waals surface area (Å²) in [4.78, 5) is 24.5. The van der Waals surface area contributed by atoms with Gasteiger partial charge in [-0.3, -0.25) is 9.59 Å². The molecule has 7 nitrogen and oxygen atoms in total. The molecule has 3 rings (SSSR count). The van der Waals surface area contributed by atoms with Crippen LogP contribution in [-0.2, 0) is 30.8 Å². The van der Waals surface area contributed by atoms with Crippen LogP contribution in [0.3, 0.4) is 0 Å². The van der Waals surface area contributed by atoms with Crippen molar-refractivity contribution in [2.24, 2.45) is 5.92 Å². The Hall–Kier alpha value is -2.71. The smallest absolute Gasteiger partial charge is 0.309 e. The standard InChI is InChI=1S/C24H30N2O5S/c1-19-7-9-20(10-8-19)11-12-23(27)25-15-18-31-24(28)21-13-16-26(17-14-21)32(29,30)22-5-3-2-4-6-22/h2-10,21H,11-18H2,1H3,(H,25,27). The number of aryl methyl sites for hydroxylation is 2. The first kappa shape index (κ1) is 23.9. The van der Waals surface area contributed by atoms with E-state index < -0.39 is 10.0 Å². The lowest BCUT2D eigenvalue weighted by Gasteiger charge is -2.30. The molecule has 8 heteroatoms. The van der Waals surface area contributed by atoms with Gasteiger partial charge in [0.25, 0.3) is 0 Å². The maximum Gasteiger partial charge on any atom is 0.309 e. The number of carbonyl (C=O) groups is 2. The highest BCUT2D eigenvalue weighted by Crippen LogP contribution is 2.24. The number of rotatable bonds is 9. The number of nitrogens with one attached hydrogen (secondary N) is 1. The van der Waals surface area contributed by atoms with Gasteiger partial charge in [-0.2, -0.15) is 4.31 Å². The van der Waals surface area contributed by atoms with E-state index in [1.165, 1.54) is 9.87 Å². The Labute approximate surface area is 189 Å². The fourth-order valence-corrected chi connectivity index (χ4v) is 5.13. The number of esters is 1. The van der Waals surface area contributed by atoms with Gasteiger partial charge in [0, 0.05) is 19.5 Å². The van der Waals surface area contributed by atoms with Gasteiger partial charge in [0.1, 0.15) is 6.61 Å². The second-order valence-electron chi connectivity index (χ2n) is 7.99. The van der Waals surface area contributed by atoms with Crippen LogP contribution in [0.1, 0.15) is 30.4 Å². The molecule has 0 radical (unpaired) electrons. The Morgan fingerprint density at radius 3 is 2.34 bits per heavy atom. The number of hydrogen-bond acceptors (Lipinski definition) is 5. The van der Waals surface area contributed by atoms with Crippen molar-refractivity contribution >= 4 is 21.9 Å². The van der Waals surface area contributed by atoms with Crippen molar-refractivity contribution < 1.29 is 22.7 Å². The first-order valence-electron chi connectivity index (χ1n) is 10.9. The van der Waals surface area contributed by atoms with Crippen molar-refractivity contribution in [2.45, 2.75) is 37.5 Å². The second-order valence-corrected chi connectivity index (χ2v) is 9.93. The quantitative estimate of drug-likeness (QED) is 0.461. The molecule has 1 fully saturated rings. The first-order valence-corrected chi connectivity index (χ1v) is 12.3. The van der Waals surface area contributed by atoms with Gasteiger partial charge < -0.3 is 10.1 Å². The Morgan fingerprint density at radius 2 is 1.69 bits per heavy atom. The van der Waals surface area contributed by atoms with Crippen molar-refractivity contribution in [3.8, 4) is 0 Å². The number of sulfonamides is 1. The molecule has 0 saturated carbocycles.